The van der Waals surface area contributed by atoms with Crippen molar-refractivity contribution in [3.63, 3.8) is 0 Å². The van der Waals surface area contributed by atoms with Gasteiger partial charge in [0.15, 0.2) is 11.6 Å². The number of halogens is 1. The summed E-state index contributed by atoms with van der Waals surface area (Å²) >= 11 is 6.08. The third-order valence-electron chi connectivity index (χ3n) is 3.53. The molecule has 0 atom stereocenters. The Morgan fingerprint density at radius 2 is 2.13 bits per heavy atom. The lowest BCUT2D eigenvalue weighted by atomic mass is 10.2. The van der Waals surface area contributed by atoms with Gasteiger partial charge in [-0.1, -0.05) is 17.7 Å². The molecule has 0 unspecified atom stereocenters. The summed E-state index contributed by atoms with van der Waals surface area (Å²) in [6.45, 7) is 0.352. The standard InChI is InChI=1S/C15H10ClN5O2/c16-9-3-1-4-10(7-9)20-8-12-18-13(15(22)23)19-21(12)11-5-2-6-17-14(11)20/h1-7H,8H2,(H,22,23). The Balaban J connectivity index is 1.90. The van der Waals surface area contributed by atoms with E-state index in [-0.39, 0.29) is 5.82 Å². The normalized spacial score (nSPS) is 12.7. The maximum Gasteiger partial charge on any atom is 0.375 e. The number of aromatic carboxylic acids is 1. The van der Waals surface area contributed by atoms with Crippen molar-refractivity contribution in [3.8, 4) is 5.69 Å². The van der Waals surface area contributed by atoms with Gasteiger partial charge in [0, 0.05) is 16.9 Å². The highest BCUT2D eigenvalue weighted by Crippen LogP contribution is 2.35. The Bertz CT molecular complexity index is 924. The van der Waals surface area contributed by atoms with Crippen LogP contribution in [-0.4, -0.2) is 30.8 Å². The van der Waals surface area contributed by atoms with Gasteiger partial charge in [-0.05, 0) is 30.3 Å². The van der Waals surface area contributed by atoms with Crippen molar-refractivity contribution in [2.45, 2.75) is 6.54 Å². The fourth-order valence-corrected chi connectivity index (χ4v) is 2.75. The Kier molecular flexibility index (Phi) is 3.02. The number of carboxylic acid groups (broad SMARTS) is 1. The first kappa shape index (κ1) is 13.7. The van der Waals surface area contributed by atoms with Crippen molar-refractivity contribution in [1.82, 2.24) is 19.7 Å². The van der Waals surface area contributed by atoms with Crippen LogP contribution in [0.15, 0.2) is 42.6 Å². The minimum absolute atomic E-state index is 0.234. The smallest absolute Gasteiger partial charge is 0.375 e. The lowest BCUT2D eigenvalue weighted by molar-refractivity contribution is 0.0683. The number of nitrogens with zero attached hydrogens (tertiary/aromatic N) is 5. The van der Waals surface area contributed by atoms with Crippen molar-refractivity contribution in [2.75, 3.05) is 4.90 Å². The zero-order valence-corrected chi connectivity index (χ0v) is 12.5. The third-order valence-corrected chi connectivity index (χ3v) is 3.77. The van der Waals surface area contributed by atoms with E-state index in [9.17, 15) is 4.79 Å². The Morgan fingerprint density at radius 1 is 1.26 bits per heavy atom. The van der Waals surface area contributed by atoms with Crippen LogP contribution in [0.4, 0.5) is 11.5 Å². The second-order valence-corrected chi connectivity index (χ2v) is 5.42. The second-order valence-electron chi connectivity index (χ2n) is 4.98. The molecule has 23 heavy (non-hydrogen) atoms. The Hall–Kier alpha value is -2.93. The summed E-state index contributed by atoms with van der Waals surface area (Å²) in [5, 5.41) is 13.8. The molecule has 7 nitrogen and oxygen atoms in total. The van der Waals surface area contributed by atoms with Gasteiger partial charge in [0.25, 0.3) is 5.82 Å². The van der Waals surface area contributed by atoms with Crippen molar-refractivity contribution in [3.05, 3.63) is 59.3 Å². The number of anilines is 2. The Morgan fingerprint density at radius 3 is 2.91 bits per heavy atom. The van der Waals surface area contributed by atoms with E-state index in [1.807, 2.05) is 29.2 Å². The molecule has 1 N–H and O–H groups in total. The fraction of sp³-hybridized carbons (Fsp3) is 0.0667. The fourth-order valence-electron chi connectivity index (χ4n) is 2.57. The van der Waals surface area contributed by atoms with Crippen LogP contribution in [0.1, 0.15) is 16.4 Å². The number of aromatic nitrogens is 4. The minimum atomic E-state index is -1.16. The van der Waals surface area contributed by atoms with Crippen LogP contribution in [0.2, 0.25) is 5.02 Å². The van der Waals surface area contributed by atoms with E-state index < -0.39 is 5.97 Å². The lowest BCUT2D eigenvalue weighted by Crippen LogP contribution is -2.27. The second kappa shape index (κ2) is 5.06. The van der Waals surface area contributed by atoms with Crippen LogP contribution in [0.3, 0.4) is 0 Å². The number of rotatable bonds is 2. The highest BCUT2D eigenvalue weighted by atomic mass is 35.5. The van der Waals surface area contributed by atoms with Gasteiger partial charge in [0.1, 0.15) is 5.69 Å². The SMILES string of the molecule is O=C(O)c1nc2n(n1)-c1cccnc1N(c1cccc(Cl)c1)C2. The molecule has 2 aromatic heterocycles. The zero-order valence-electron chi connectivity index (χ0n) is 11.7. The summed E-state index contributed by atoms with van der Waals surface area (Å²) in [6.07, 6.45) is 1.68. The molecular weight excluding hydrogens is 318 g/mol. The van der Waals surface area contributed by atoms with E-state index in [2.05, 4.69) is 15.1 Å². The first-order chi connectivity index (χ1) is 11.1. The van der Waals surface area contributed by atoms with E-state index >= 15 is 0 Å². The highest BCUT2D eigenvalue weighted by molar-refractivity contribution is 6.30. The molecule has 3 heterocycles. The summed E-state index contributed by atoms with van der Waals surface area (Å²) in [5.74, 6) is -0.193. The van der Waals surface area contributed by atoms with Gasteiger partial charge in [-0.25, -0.2) is 19.4 Å². The molecule has 8 heteroatoms. The van der Waals surface area contributed by atoms with Crippen LogP contribution in [0.5, 0.6) is 0 Å². The molecule has 1 aliphatic rings. The largest absolute Gasteiger partial charge is 0.475 e. The van der Waals surface area contributed by atoms with E-state index in [4.69, 9.17) is 16.7 Å². The van der Waals surface area contributed by atoms with Crippen molar-refractivity contribution >= 4 is 29.1 Å². The summed E-state index contributed by atoms with van der Waals surface area (Å²) in [6, 6.07) is 11.0. The van der Waals surface area contributed by atoms with Crippen LogP contribution in [-0.2, 0) is 6.54 Å². The van der Waals surface area contributed by atoms with Gasteiger partial charge >= 0.3 is 5.97 Å². The number of hydrogen-bond donors (Lipinski definition) is 1. The van der Waals surface area contributed by atoms with Crippen LogP contribution in [0, 0.1) is 0 Å². The summed E-state index contributed by atoms with van der Waals surface area (Å²) in [4.78, 5) is 21.6. The molecule has 0 bridgehead atoms. The lowest BCUT2D eigenvalue weighted by Gasteiger charge is -2.29. The van der Waals surface area contributed by atoms with Crippen LogP contribution < -0.4 is 4.90 Å². The van der Waals surface area contributed by atoms with Gasteiger partial charge in [0.05, 0.1) is 6.54 Å². The first-order valence-electron chi connectivity index (χ1n) is 6.81. The van der Waals surface area contributed by atoms with Crippen molar-refractivity contribution < 1.29 is 9.90 Å². The maximum atomic E-state index is 11.1. The number of benzene rings is 1. The molecule has 0 radical (unpaired) electrons. The van der Waals surface area contributed by atoms with E-state index in [0.29, 0.717) is 28.9 Å². The van der Waals surface area contributed by atoms with E-state index in [1.54, 1.807) is 18.3 Å². The average Bonchev–Trinajstić information content (AvgIpc) is 2.99. The third kappa shape index (κ3) is 2.22. The molecule has 3 aromatic rings. The number of carboxylic acids is 1. The van der Waals surface area contributed by atoms with Gasteiger partial charge < -0.3 is 10.0 Å². The molecule has 0 fully saturated rings. The van der Waals surface area contributed by atoms with E-state index in [0.717, 1.165) is 5.69 Å². The quantitative estimate of drug-likeness (QED) is 0.779. The maximum absolute atomic E-state index is 11.1. The number of fused-ring (bicyclic) bond motifs is 3. The highest BCUT2D eigenvalue weighted by Gasteiger charge is 2.28. The van der Waals surface area contributed by atoms with Crippen molar-refractivity contribution in [2.24, 2.45) is 0 Å². The van der Waals surface area contributed by atoms with Gasteiger partial charge in [-0.3, -0.25) is 0 Å². The molecule has 0 saturated carbocycles. The van der Waals surface area contributed by atoms with Gasteiger partial charge in [0.2, 0.25) is 0 Å². The summed E-state index contributed by atoms with van der Waals surface area (Å²) in [5.41, 5.74) is 1.53. The summed E-state index contributed by atoms with van der Waals surface area (Å²) < 4.78 is 1.52. The minimum Gasteiger partial charge on any atom is -0.475 e. The summed E-state index contributed by atoms with van der Waals surface area (Å²) in [7, 11) is 0. The molecule has 114 valence electrons. The topological polar surface area (TPSA) is 84.1 Å². The monoisotopic (exact) mass is 327 g/mol. The van der Waals surface area contributed by atoms with Crippen LogP contribution >= 0.6 is 11.6 Å². The molecular formula is C15H10ClN5O2. The Labute approximate surface area is 135 Å². The molecule has 0 spiro atoms. The zero-order chi connectivity index (χ0) is 16.0. The molecule has 0 aliphatic carbocycles. The molecule has 0 amide bonds. The molecule has 0 saturated heterocycles. The first-order valence-corrected chi connectivity index (χ1v) is 7.19. The van der Waals surface area contributed by atoms with Crippen LogP contribution in [0.25, 0.3) is 5.69 Å². The molecule has 1 aromatic carbocycles. The van der Waals surface area contributed by atoms with Gasteiger partial charge in [-0.15, -0.1) is 5.10 Å². The predicted molar refractivity (Wildman–Crippen MR) is 83.4 cm³/mol. The van der Waals surface area contributed by atoms with Crippen molar-refractivity contribution in [1.29, 1.82) is 0 Å². The van der Waals surface area contributed by atoms with E-state index in [1.165, 1.54) is 4.68 Å². The number of carbonyl (C=O) groups is 1. The number of hydrogen-bond acceptors (Lipinski definition) is 5. The number of pyridine rings is 1. The van der Waals surface area contributed by atoms with Gasteiger partial charge in [-0.2, -0.15) is 0 Å². The average molecular weight is 328 g/mol. The molecule has 1 aliphatic heterocycles. The molecule has 4 rings (SSSR count). The predicted octanol–water partition coefficient (Wildman–Crippen LogP) is 2.67.